The molecule has 4 heteroatoms. The molecule has 0 saturated carbocycles. The Bertz CT molecular complexity index is 364. The van der Waals surface area contributed by atoms with Gasteiger partial charge < -0.3 is 5.11 Å². The smallest absolute Gasteiger partial charge is 0.130 e. The molecule has 18 heavy (non-hydrogen) atoms. The van der Waals surface area contributed by atoms with Gasteiger partial charge in [0.25, 0.3) is 0 Å². The Morgan fingerprint density at radius 2 is 2.11 bits per heavy atom. The van der Waals surface area contributed by atoms with Crippen molar-refractivity contribution in [3.63, 3.8) is 0 Å². The second-order valence-corrected chi connectivity index (χ2v) is 5.53. The second-order valence-electron chi connectivity index (χ2n) is 5.53. The molecule has 1 saturated heterocycles. The van der Waals surface area contributed by atoms with Crippen LogP contribution in [0.15, 0.2) is 12.4 Å². The van der Waals surface area contributed by atoms with Crippen LogP contribution in [0, 0.1) is 5.92 Å². The van der Waals surface area contributed by atoms with E-state index in [0.717, 1.165) is 37.4 Å². The lowest BCUT2D eigenvalue weighted by Gasteiger charge is -2.31. The summed E-state index contributed by atoms with van der Waals surface area (Å²) in [6, 6.07) is 0. The van der Waals surface area contributed by atoms with Gasteiger partial charge in [-0.2, -0.15) is 0 Å². The third kappa shape index (κ3) is 3.50. The maximum Gasteiger partial charge on any atom is 0.130 e. The number of nitrogens with zero attached hydrogens (tertiary/aromatic N) is 3. The highest BCUT2D eigenvalue weighted by atomic mass is 16.3. The first-order chi connectivity index (χ1) is 8.69. The van der Waals surface area contributed by atoms with E-state index in [-0.39, 0.29) is 0 Å². The average molecular weight is 249 g/mol. The van der Waals surface area contributed by atoms with E-state index < -0.39 is 0 Å². The van der Waals surface area contributed by atoms with Crippen molar-refractivity contribution in [2.75, 3.05) is 19.7 Å². The van der Waals surface area contributed by atoms with Gasteiger partial charge >= 0.3 is 0 Å². The zero-order valence-electron chi connectivity index (χ0n) is 11.3. The van der Waals surface area contributed by atoms with Crippen LogP contribution in [0.2, 0.25) is 0 Å². The molecule has 1 aliphatic heterocycles. The van der Waals surface area contributed by atoms with Crippen LogP contribution in [0.3, 0.4) is 0 Å². The van der Waals surface area contributed by atoms with E-state index in [9.17, 15) is 5.11 Å². The van der Waals surface area contributed by atoms with Crippen LogP contribution in [-0.2, 0) is 6.54 Å². The van der Waals surface area contributed by atoms with Gasteiger partial charge in [-0.15, -0.1) is 0 Å². The van der Waals surface area contributed by atoms with Crippen LogP contribution in [0.5, 0.6) is 0 Å². The molecule has 0 bridgehead atoms. The van der Waals surface area contributed by atoms with E-state index in [1.54, 1.807) is 0 Å². The van der Waals surface area contributed by atoms with Gasteiger partial charge in [0.1, 0.15) is 5.82 Å². The summed E-state index contributed by atoms with van der Waals surface area (Å²) in [5.74, 6) is 1.73. The summed E-state index contributed by atoms with van der Waals surface area (Å²) in [6.07, 6.45) is 6.20. The molecule has 1 aromatic rings. The predicted octanol–water partition coefficient (Wildman–Crippen LogP) is 1.80. The van der Waals surface area contributed by atoms with Crippen molar-refractivity contribution < 1.29 is 5.11 Å². The zero-order chi connectivity index (χ0) is 13.0. The fourth-order valence-electron chi connectivity index (χ4n) is 2.45. The molecule has 0 spiro atoms. The summed E-state index contributed by atoms with van der Waals surface area (Å²) in [5.41, 5.74) is 1.16. The summed E-state index contributed by atoms with van der Waals surface area (Å²) in [6.45, 7) is 7.51. The molecular weight excluding hydrogens is 226 g/mol. The first-order valence-electron chi connectivity index (χ1n) is 6.83. The normalized spacial score (nSPS) is 21.4. The quantitative estimate of drug-likeness (QED) is 0.884. The Kier molecular flexibility index (Phi) is 4.66. The molecule has 4 nitrogen and oxygen atoms in total. The molecule has 0 amide bonds. The maximum atomic E-state index is 9.22. The number of aliphatic hydroxyl groups excluding tert-OH is 1. The summed E-state index contributed by atoms with van der Waals surface area (Å²) < 4.78 is 0. The van der Waals surface area contributed by atoms with Crippen molar-refractivity contribution >= 4 is 0 Å². The van der Waals surface area contributed by atoms with Crippen LogP contribution in [0.25, 0.3) is 0 Å². The molecule has 0 aromatic carbocycles. The van der Waals surface area contributed by atoms with Gasteiger partial charge in [0.05, 0.1) is 0 Å². The number of likely N-dealkylation sites (tertiary alicyclic amines) is 1. The van der Waals surface area contributed by atoms with Gasteiger partial charge in [-0.05, 0) is 25.3 Å². The number of rotatable bonds is 4. The topological polar surface area (TPSA) is 49.2 Å². The summed E-state index contributed by atoms with van der Waals surface area (Å²) in [4.78, 5) is 11.2. The maximum absolute atomic E-state index is 9.22. The van der Waals surface area contributed by atoms with Crippen molar-refractivity contribution in [2.45, 2.75) is 39.2 Å². The highest BCUT2D eigenvalue weighted by Gasteiger charge is 2.19. The minimum absolute atomic E-state index is 0.305. The van der Waals surface area contributed by atoms with Crippen molar-refractivity contribution in [1.82, 2.24) is 14.9 Å². The largest absolute Gasteiger partial charge is 0.396 e. The van der Waals surface area contributed by atoms with Gasteiger partial charge in [0.15, 0.2) is 0 Å². The molecule has 2 heterocycles. The molecule has 0 radical (unpaired) electrons. The Morgan fingerprint density at radius 1 is 1.39 bits per heavy atom. The predicted molar refractivity (Wildman–Crippen MR) is 71.2 cm³/mol. The molecule has 1 fully saturated rings. The van der Waals surface area contributed by atoms with Gasteiger partial charge in [-0.1, -0.05) is 13.8 Å². The van der Waals surface area contributed by atoms with Crippen LogP contribution >= 0.6 is 0 Å². The van der Waals surface area contributed by atoms with E-state index in [0.29, 0.717) is 18.4 Å². The van der Waals surface area contributed by atoms with Gasteiger partial charge in [0.2, 0.25) is 0 Å². The molecule has 0 aliphatic carbocycles. The van der Waals surface area contributed by atoms with Crippen molar-refractivity contribution in [2.24, 2.45) is 5.92 Å². The fraction of sp³-hybridized carbons (Fsp3) is 0.714. The zero-order valence-corrected chi connectivity index (χ0v) is 11.3. The third-order valence-corrected chi connectivity index (χ3v) is 3.51. The van der Waals surface area contributed by atoms with Crippen LogP contribution in [0.1, 0.15) is 44.0 Å². The monoisotopic (exact) mass is 249 g/mol. The Hall–Kier alpha value is -1.00. The van der Waals surface area contributed by atoms with E-state index in [2.05, 4.69) is 28.7 Å². The third-order valence-electron chi connectivity index (χ3n) is 3.51. The molecule has 1 aromatic heterocycles. The number of aromatic nitrogens is 2. The van der Waals surface area contributed by atoms with Crippen LogP contribution in [-0.4, -0.2) is 39.7 Å². The standard InChI is InChI=1S/C14H23N3O/c1-11(2)14-15-6-13(7-16-14)9-17-5-3-4-12(8-17)10-18/h6-7,11-12,18H,3-5,8-10H2,1-2H3/t12-/m0/s1. The lowest BCUT2D eigenvalue weighted by atomic mass is 9.99. The van der Waals surface area contributed by atoms with Crippen molar-refractivity contribution in [3.8, 4) is 0 Å². The molecule has 0 unspecified atom stereocenters. The number of hydrogen-bond donors (Lipinski definition) is 1. The van der Waals surface area contributed by atoms with E-state index in [4.69, 9.17) is 0 Å². The first kappa shape index (κ1) is 13.4. The van der Waals surface area contributed by atoms with Gasteiger partial charge in [-0.3, -0.25) is 4.90 Å². The SMILES string of the molecule is CC(C)c1ncc(CN2CCC[C@H](CO)C2)cn1. The lowest BCUT2D eigenvalue weighted by molar-refractivity contribution is 0.115. The molecule has 1 N–H and O–H groups in total. The lowest BCUT2D eigenvalue weighted by Crippen LogP contribution is -2.36. The molecular formula is C14H23N3O. The number of piperidine rings is 1. The van der Waals surface area contributed by atoms with E-state index >= 15 is 0 Å². The highest BCUT2D eigenvalue weighted by molar-refractivity contribution is 5.06. The van der Waals surface area contributed by atoms with Crippen LogP contribution < -0.4 is 0 Å². The first-order valence-corrected chi connectivity index (χ1v) is 6.83. The molecule has 1 aliphatic rings. The number of aliphatic hydroxyl groups is 1. The minimum atomic E-state index is 0.305. The second kappa shape index (κ2) is 6.25. The van der Waals surface area contributed by atoms with Gasteiger partial charge in [-0.25, -0.2) is 9.97 Å². The average Bonchev–Trinajstić information content (AvgIpc) is 2.39. The minimum Gasteiger partial charge on any atom is -0.396 e. The van der Waals surface area contributed by atoms with Crippen LogP contribution in [0.4, 0.5) is 0 Å². The van der Waals surface area contributed by atoms with Gasteiger partial charge in [0, 0.05) is 43.6 Å². The number of hydrogen-bond acceptors (Lipinski definition) is 4. The van der Waals surface area contributed by atoms with Crippen molar-refractivity contribution in [3.05, 3.63) is 23.8 Å². The Balaban J connectivity index is 1.92. The molecule has 100 valence electrons. The molecule has 2 rings (SSSR count). The Morgan fingerprint density at radius 3 is 2.72 bits per heavy atom. The summed E-state index contributed by atoms with van der Waals surface area (Å²) in [7, 11) is 0. The van der Waals surface area contributed by atoms with Crippen molar-refractivity contribution in [1.29, 1.82) is 0 Å². The highest BCUT2D eigenvalue weighted by Crippen LogP contribution is 2.18. The molecule has 1 atom stereocenters. The fourth-order valence-corrected chi connectivity index (χ4v) is 2.45. The summed E-state index contributed by atoms with van der Waals surface area (Å²) >= 11 is 0. The van der Waals surface area contributed by atoms with E-state index in [1.807, 2.05) is 12.4 Å². The Labute approximate surface area is 109 Å². The summed E-state index contributed by atoms with van der Waals surface area (Å²) in [5, 5.41) is 9.22. The van der Waals surface area contributed by atoms with E-state index in [1.165, 1.54) is 6.42 Å².